The molecule has 0 aliphatic carbocycles. The highest BCUT2D eigenvalue weighted by Gasteiger charge is 2.35. The van der Waals surface area contributed by atoms with Gasteiger partial charge in [-0.3, -0.25) is 14.5 Å². The molecule has 0 amide bonds. The predicted molar refractivity (Wildman–Crippen MR) is 119 cm³/mol. The van der Waals surface area contributed by atoms with E-state index in [2.05, 4.69) is 32.1 Å². The lowest BCUT2D eigenvalue weighted by molar-refractivity contribution is 0.0938. The van der Waals surface area contributed by atoms with Crippen molar-refractivity contribution in [1.29, 1.82) is 0 Å². The highest BCUT2D eigenvalue weighted by Crippen LogP contribution is 2.34. The van der Waals surface area contributed by atoms with Gasteiger partial charge in [0.1, 0.15) is 17.7 Å². The van der Waals surface area contributed by atoms with Gasteiger partial charge in [-0.15, -0.1) is 4.80 Å². The fourth-order valence-electron chi connectivity index (χ4n) is 4.15. The fraction of sp³-hybridized carbons (Fsp3) is 0.261. The van der Waals surface area contributed by atoms with Gasteiger partial charge in [-0.2, -0.15) is 15.3 Å². The number of hydrogen-bond donors (Lipinski definition) is 0. The zero-order chi connectivity index (χ0) is 22.9. The van der Waals surface area contributed by atoms with Crippen LogP contribution in [0.1, 0.15) is 22.8 Å². The van der Waals surface area contributed by atoms with Crippen molar-refractivity contribution in [3.05, 3.63) is 72.2 Å². The van der Waals surface area contributed by atoms with Crippen LogP contribution in [0.15, 0.2) is 55.2 Å². The summed E-state index contributed by atoms with van der Waals surface area (Å²) in [7, 11) is 0. The van der Waals surface area contributed by atoms with Crippen molar-refractivity contribution in [3.8, 4) is 16.9 Å². The van der Waals surface area contributed by atoms with Gasteiger partial charge >= 0.3 is 0 Å². The minimum absolute atomic E-state index is 0.0550. The summed E-state index contributed by atoms with van der Waals surface area (Å²) in [6.07, 6.45) is 8.38. The smallest absolute Gasteiger partial charge is 0.152 e. The Labute approximate surface area is 189 Å². The average Bonchev–Trinajstić information content (AvgIpc) is 3.56. The molecule has 3 aromatic heterocycles. The van der Waals surface area contributed by atoms with Crippen LogP contribution < -0.4 is 4.90 Å². The second-order valence-corrected chi connectivity index (χ2v) is 8.02. The molecule has 4 heterocycles. The zero-order valence-electron chi connectivity index (χ0n) is 18.2. The maximum Gasteiger partial charge on any atom is 0.152 e. The third-order valence-corrected chi connectivity index (χ3v) is 5.60. The molecule has 1 aliphatic rings. The van der Waals surface area contributed by atoms with Crippen molar-refractivity contribution < 1.29 is 13.9 Å². The normalized spacial score (nSPS) is 18.1. The molecule has 1 fully saturated rings. The Kier molecular flexibility index (Phi) is 5.43. The number of aldehydes is 1. The monoisotopic (exact) mass is 447 g/mol. The summed E-state index contributed by atoms with van der Waals surface area (Å²) in [5, 5.41) is 13.0. The minimum Gasteiger partial charge on any atom is -0.354 e. The average molecular weight is 447 g/mol. The van der Waals surface area contributed by atoms with E-state index < -0.39 is 0 Å². The van der Waals surface area contributed by atoms with Gasteiger partial charge in [0.15, 0.2) is 6.29 Å². The number of rotatable bonds is 6. The van der Waals surface area contributed by atoms with Gasteiger partial charge in [0.25, 0.3) is 0 Å². The van der Waals surface area contributed by atoms with Crippen molar-refractivity contribution in [2.45, 2.75) is 32.7 Å². The molecule has 9 nitrogen and oxygen atoms in total. The molecule has 0 saturated carbocycles. The topological polar surface area (TPSA) is 91.0 Å². The summed E-state index contributed by atoms with van der Waals surface area (Å²) >= 11 is 0. The number of halogens is 1. The van der Waals surface area contributed by atoms with E-state index >= 15 is 0 Å². The van der Waals surface area contributed by atoms with Crippen LogP contribution >= 0.6 is 0 Å². The number of ether oxygens (including phenoxy) is 1. The van der Waals surface area contributed by atoms with E-state index in [9.17, 15) is 9.18 Å². The van der Waals surface area contributed by atoms with Crippen LogP contribution in [0, 0.1) is 12.7 Å². The SMILES string of the molecule is Cc1cc(C=O)c(-n2nccn2)c(N2[C@H](Cn3cc(-c4ccc(F)cn4)cn3)OC[C@@H]2C)c1. The third kappa shape index (κ3) is 4.00. The van der Waals surface area contributed by atoms with Gasteiger partial charge in [0.2, 0.25) is 0 Å². The molecule has 0 N–H and O–H groups in total. The summed E-state index contributed by atoms with van der Waals surface area (Å²) in [5.41, 5.74) is 4.30. The highest BCUT2D eigenvalue weighted by atomic mass is 19.1. The van der Waals surface area contributed by atoms with E-state index in [1.165, 1.54) is 17.1 Å². The first-order valence-corrected chi connectivity index (χ1v) is 10.5. The van der Waals surface area contributed by atoms with Crippen LogP contribution in [0.4, 0.5) is 10.1 Å². The van der Waals surface area contributed by atoms with Gasteiger partial charge in [-0.05, 0) is 43.7 Å². The Balaban J connectivity index is 1.49. The molecular formula is C23H22FN7O2. The molecule has 1 aromatic carbocycles. The van der Waals surface area contributed by atoms with Crippen LogP contribution in [-0.4, -0.2) is 54.9 Å². The van der Waals surface area contributed by atoms with E-state index in [1.54, 1.807) is 29.3 Å². The van der Waals surface area contributed by atoms with E-state index in [4.69, 9.17) is 4.74 Å². The number of aryl methyl sites for hydroxylation is 1. The highest BCUT2D eigenvalue weighted by molar-refractivity contribution is 5.87. The van der Waals surface area contributed by atoms with Crippen LogP contribution in [0.25, 0.3) is 16.9 Å². The number of carbonyl (C=O) groups is 1. The Morgan fingerprint density at radius 1 is 1.18 bits per heavy atom. The molecule has 0 radical (unpaired) electrons. The standard InChI is InChI=1S/C23H22FN7O2/c1-15-7-17(13-32)23(31-26-5-6-27-31)21(8-15)30-16(2)14-33-22(30)12-29-11-18(9-28-29)20-4-3-19(24)10-25-20/h3-11,13,16,22H,12,14H2,1-2H3/t16-,22-/m0/s1. The Morgan fingerprint density at radius 3 is 2.73 bits per heavy atom. The molecular weight excluding hydrogens is 425 g/mol. The summed E-state index contributed by atoms with van der Waals surface area (Å²) in [6.45, 7) is 4.99. The maximum absolute atomic E-state index is 13.2. The van der Waals surface area contributed by atoms with E-state index in [1.807, 2.05) is 25.3 Å². The Morgan fingerprint density at radius 2 is 2.00 bits per heavy atom. The molecule has 4 aromatic rings. The van der Waals surface area contributed by atoms with E-state index in [-0.39, 0.29) is 18.1 Å². The Hall–Kier alpha value is -3.92. The second-order valence-electron chi connectivity index (χ2n) is 8.02. The first-order valence-electron chi connectivity index (χ1n) is 10.5. The molecule has 2 atom stereocenters. The molecule has 0 unspecified atom stereocenters. The lowest BCUT2D eigenvalue weighted by Gasteiger charge is -2.31. The van der Waals surface area contributed by atoms with Gasteiger partial charge < -0.3 is 9.64 Å². The molecule has 168 valence electrons. The maximum atomic E-state index is 13.2. The van der Waals surface area contributed by atoms with E-state index in [0.29, 0.717) is 30.1 Å². The van der Waals surface area contributed by atoms with Gasteiger partial charge in [-0.1, -0.05) is 0 Å². The first kappa shape index (κ1) is 21.0. The number of benzene rings is 1. The van der Waals surface area contributed by atoms with Crippen LogP contribution in [0.5, 0.6) is 0 Å². The van der Waals surface area contributed by atoms with Crippen molar-refractivity contribution in [3.63, 3.8) is 0 Å². The number of hydrogen-bond acceptors (Lipinski definition) is 7. The van der Waals surface area contributed by atoms with E-state index in [0.717, 1.165) is 23.1 Å². The Bertz CT molecular complexity index is 1270. The minimum atomic E-state index is -0.384. The fourth-order valence-corrected chi connectivity index (χ4v) is 4.15. The first-order chi connectivity index (χ1) is 16.0. The van der Waals surface area contributed by atoms with Crippen molar-refractivity contribution in [1.82, 2.24) is 29.8 Å². The quantitative estimate of drug-likeness (QED) is 0.420. The number of pyridine rings is 1. The van der Waals surface area contributed by atoms with Gasteiger partial charge in [-0.25, -0.2) is 4.39 Å². The molecule has 1 saturated heterocycles. The van der Waals surface area contributed by atoms with Crippen LogP contribution in [0.2, 0.25) is 0 Å². The summed E-state index contributed by atoms with van der Waals surface area (Å²) in [4.78, 5) is 19.6. The molecule has 1 aliphatic heterocycles. The number of nitrogens with zero attached hydrogens (tertiary/aromatic N) is 7. The number of carbonyl (C=O) groups excluding carboxylic acids is 1. The molecule has 10 heteroatoms. The summed E-state index contributed by atoms with van der Waals surface area (Å²) in [5.74, 6) is -0.384. The predicted octanol–water partition coefficient (Wildman–Crippen LogP) is 3.04. The van der Waals surface area contributed by atoms with Crippen molar-refractivity contribution in [2.24, 2.45) is 0 Å². The zero-order valence-corrected chi connectivity index (χ0v) is 18.2. The molecule has 5 rings (SSSR count). The van der Waals surface area contributed by atoms with Crippen LogP contribution in [0.3, 0.4) is 0 Å². The summed E-state index contributed by atoms with van der Waals surface area (Å²) < 4.78 is 21.1. The van der Waals surface area contributed by atoms with Crippen LogP contribution in [-0.2, 0) is 11.3 Å². The molecule has 0 bridgehead atoms. The largest absolute Gasteiger partial charge is 0.354 e. The second kappa shape index (κ2) is 8.55. The van der Waals surface area contributed by atoms with Gasteiger partial charge in [0, 0.05) is 17.3 Å². The van der Waals surface area contributed by atoms with Crippen molar-refractivity contribution in [2.75, 3.05) is 11.5 Å². The number of aromatic nitrogens is 6. The number of anilines is 1. The summed E-state index contributed by atoms with van der Waals surface area (Å²) in [6, 6.07) is 6.88. The lowest BCUT2D eigenvalue weighted by Crippen LogP contribution is -2.39. The molecule has 0 spiro atoms. The third-order valence-electron chi connectivity index (χ3n) is 5.60. The van der Waals surface area contributed by atoms with Gasteiger partial charge in [0.05, 0.1) is 55.4 Å². The molecule has 33 heavy (non-hydrogen) atoms. The van der Waals surface area contributed by atoms with Crippen molar-refractivity contribution >= 4 is 12.0 Å². The lowest BCUT2D eigenvalue weighted by atomic mass is 10.1.